The summed E-state index contributed by atoms with van der Waals surface area (Å²) in [6.45, 7) is 1.86. The van der Waals surface area contributed by atoms with Gasteiger partial charge >= 0.3 is 0 Å². The highest BCUT2D eigenvalue weighted by molar-refractivity contribution is 4.94. The molecule has 2 aliphatic rings. The predicted octanol–water partition coefficient (Wildman–Crippen LogP) is 1.71. The molecule has 0 aromatic heterocycles. The first-order chi connectivity index (χ1) is 6.42. The van der Waals surface area contributed by atoms with Gasteiger partial charge in [-0.1, -0.05) is 12.8 Å². The summed E-state index contributed by atoms with van der Waals surface area (Å²) in [6, 6.07) is 2.79. The van der Waals surface area contributed by atoms with Gasteiger partial charge in [-0.05, 0) is 19.3 Å². The van der Waals surface area contributed by atoms with Crippen LogP contribution in [0.15, 0.2) is 0 Å². The Bertz CT molecular complexity index is 205. The lowest BCUT2D eigenvalue weighted by atomic mass is 9.85. The Morgan fingerprint density at radius 1 is 1.23 bits per heavy atom. The van der Waals surface area contributed by atoms with Crippen molar-refractivity contribution < 1.29 is 4.84 Å². The van der Waals surface area contributed by atoms with Gasteiger partial charge in [-0.15, -0.1) is 0 Å². The normalized spacial score (nSPS) is 35.9. The molecule has 1 saturated carbocycles. The maximum Gasteiger partial charge on any atom is 0.0698 e. The van der Waals surface area contributed by atoms with Crippen LogP contribution in [0.1, 0.15) is 32.1 Å². The first kappa shape index (κ1) is 8.98. The molecule has 0 amide bonds. The fourth-order valence-corrected chi connectivity index (χ4v) is 2.33. The second-order valence-electron chi connectivity index (χ2n) is 3.91. The molecule has 0 aromatic rings. The van der Waals surface area contributed by atoms with E-state index < -0.39 is 0 Å². The monoisotopic (exact) mass is 180 g/mol. The van der Waals surface area contributed by atoms with Crippen LogP contribution in [-0.2, 0) is 4.84 Å². The number of rotatable bonds is 1. The van der Waals surface area contributed by atoms with Crippen LogP contribution in [0.25, 0.3) is 0 Å². The molecule has 1 aliphatic carbocycles. The molecule has 0 N–H and O–H groups in total. The second-order valence-corrected chi connectivity index (χ2v) is 3.91. The van der Waals surface area contributed by atoms with Crippen molar-refractivity contribution in [3.63, 3.8) is 0 Å². The van der Waals surface area contributed by atoms with Gasteiger partial charge in [0.2, 0.25) is 0 Å². The van der Waals surface area contributed by atoms with Gasteiger partial charge in [-0.25, -0.2) is 0 Å². The van der Waals surface area contributed by atoms with Gasteiger partial charge in [0.05, 0.1) is 24.6 Å². The Morgan fingerprint density at radius 2 is 2.08 bits per heavy atom. The molecule has 1 heterocycles. The number of nitrogens with zero attached hydrogens (tertiary/aromatic N) is 2. The highest BCUT2D eigenvalue weighted by Crippen LogP contribution is 2.29. The molecule has 2 atom stereocenters. The zero-order chi connectivity index (χ0) is 9.10. The van der Waals surface area contributed by atoms with E-state index in [-0.39, 0.29) is 5.92 Å². The number of nitriles is 1. The lowest BCUT2D eigenvalue weighted by Gasteiger charge is -2.32. The van der Waals surface area contributed by atoms with E-state index in [0.717, 1.165) is 32.4 Å². The van der Waals surface area contributed by atoms with E-state index in [2.05, 4.69) is 6.07 Å². The Balaban J connectivity index is 1.98. The lowest BCUT2D eigenvalue weighted by molar-refractivity contribution is -0.155. The SMILES string of the molecule is N#CC1CCCCC1N1CCCO1. The van der Waals surface area contributed by atoms with Gasteiger partial charge in [0.1, 0.15) is 0 Å². The van der Waals surface area contributed by atoms with Gasteiger partial charge in [0.15, 0.2) is 0 Å². The van der Waals surface area contributed by atoms with E-state index in [1.54, 1.807) is 0 Å². The standard InChI is InChI=1S/C10H16N2O/c11-8-9-4-1-2-5-10(9)12-6-3-7-13-12/h9-10H,1-7H2. The second kappa shape index (κ2) is 4.08. The molecule has 0 spiro atoms. The van der Waals surface area contributed by atoms with Crippen molar-refractivity contribution in [2.75, 3.05) is 13.2 Å². The van der Waals surface area contributed by atoms with Gasteiger partial charge in [-0.3, -0.25) is 4.84 Å². The minimum absolute atomic E-state index is 0.201. The minimum atomic E-state index is 0.201. The summed E-state index contributed by atoms with van der Waals surface area (Å²) < 4.78 is 0. The molecule has 13 heavy (non-hydrogen) atoms. The van der Waals surface area contributed by atoms with Crippen molar-refractivity contribution in [3.8, 4) is 6.07 Å². The van der Waals surface area contributed by atoms with E-state index in [1.165, 1.54) is 12.8 Å². The molecule has 2 unspecified atom stereocenters. The Morgan fingerprint density at radius 3 is 2.77 bits per heavy atom. The van der Waals surface area contributed by atoms with Crippen LogP contribution in [-0.4, -0.2) is 24.3 Å². The third-order valence-corrected chi connectivity index (χ3v) is 3.05. The number of hydrogen-bond acceptors (Lipinski definition) is 3. The average Bonchev–Trinajstić information content (AvgIpc) is 2.70. The molecule has 0 radical (unpaired) electrons. The third kappa shape index (κ3) is 1.84. The average molecular weight is 180 g/mol. The maximum absolute atomic E-state index is 8.99. The first-order valence-electron chi connectivity index (χ1n) is 5.21. The summed E-state index contributed by atoms with van der Waals surface area (Å²) in [5, 5.41) is 11.0. The van der Waals surface area contributed by atoms with E-state index in [0.29, 0.717) is 6.04 Å². The largest absolute Gasteiger partial charge is 0.299 e. The fourth-order valence-electron chi connectivity index (χ4n) is 2.33. The summed E-state index contributed by atoms with van der Waals surface area (Å²) in [6.07, 6.45) is 5.78. The van der Waals surface area contributed by atoms with Crippen LogP contribution < -0.4 is 0 Å². The smallest absolute Gasteiger partial charge is 0.0698 e. The molecule has 2 fully saturated rings. The van der Waals surface area contributed by atoms with Gasteiger partial charge in [-0.2, -0.15) is 10.3 Å². The van der Waals surface area contributed by atoms with E-state index in [4.69, 9.17) is 10.1 Å². The summed E-state index contributed by atoms with van der Waals surface area (Å²) >= 11 is 0. The summed E-state index contributed by atoms with van der Waals surface area (Å²) in [5.41, 5.74) is 0. The molecule has 1 aliphatic heterocycles. The molecule has 3 nitrogen and oxygen atoms in total. The van der Waals surface area contributed by atoms with Crippen molar-refractivity contribution in [2.45, 2.75) is 38.1 Å². The zero-order valence-corrected chi connectivity index (χ0v) is 7.91. The maximum atomic E-state index is 8.99. The third-order valence-electron chi connectivity index (χ3n) is 3.05. The van der Waals surface area contributed by atoms with E-state index in [1.807, 2.05) is 5.06 Å². The molecule has 0 bridgehead atoms. The predicted molar refractivity (Wildman–Crippen MR) is 48.6 cm³/mol. The minimum Gasteiger partial charge on any atom is -0.299 e. The summed E-state index contributed by atoms with van der Waals surface area (Å²) in [5.74, 6) is 0.201. The molecule has 72 valence electrons. The lowest BCUT2D eigenvalue weighted by Crippen LogP contribution is -2.39. The van der Waals surface area contributed by atoms with Gasteiger partial charge in [0, 0.05) is 6.54 Å². The van der Waals surface area contributed by atoms with Crippen molar-refractivity contribution >= 4 is 0 Å². The van der Waals surface area contributed by atoms with Crippen molar-refractivity contribution in [3.05, 3.63) is 0 Å². The van der Waals surface area contributed by atoms with E-state index in [9.17, 15) is 0 Å². The highest BCUT2D eigenvalue weighted by Gasteiger charge is 2.32. The summed E-state index contributed by atoms with van der Waals surface area (Å²) in [4.78, 5) is 5.51. The number of hydrogen-bond donors (Lipinski definition) is 0. The van der Waals surface area contributed by atoms with Gasteiger partial charge < -0.3 is 0 Å². The highest BCUT2D eigenvalue weighted by atomic mass is 16.7. The van der Waals surface area contributed by atoms with Crippen molar-refractivity contribution in [1.29, 1.82) is 5.26 Å². The molecule has 1 saturated heterocycles. The summed E-state index contributed by atoms with van der Waals surface area (Å²) in [7, 11) is 0. The van der Waals surface area contributed by atoms with Crippen LogP contribution in [0.4, 0.5) is 0 Å². The molecule has 0 aromatic carbocycles. The quantitative estimate of drug-likeness (QED) is 0.616. The van der Waals surface area contributed by atoms with Crippen molar-refractivity contribution in [2.24, 2.45) is 5.92 Å². The van der Waals surface area contributed by atoms with Crippen LogP contribution in [0, 0.1) is 17.2 Å². The topological polar surface area (TPSA) is 36.3 Å². The van der Waals surface area contributed by atoms with Crippen LogP contribution in [0.3, 0.4) is 0 Å². The Hall–Kier alpha value is -0.590. The molecule has 3 heteroatoms. The number of hydroxylamine groups is 2. The van der Waals surface area contributed by atoms with Crippen molar-refractivity contribution in [1.82, 2.24) is 5.06 Å². The first-order valence-corrected chi connectivity index (χ1v) is 5.21. The Labute approximate surface area is 79.2 Å². The van der Waals surface area contributed by atoms with Gasteiger partial charge in [0.25, 0.3) is 0 Å². The van der Waals surface area contributed by atoms with Crippen LogP contribution in [0.2, 0.25) is 0 Å². The Kier molecular flexibility index (Phi) is 2.82. The molecule has 2 rings (SSSR count). The zero-order valence-electron chi connectivity index (χ0n) is 7.91. The molecular weight excluding hydrogens is 164 g/mol. The van der Waals surface area contributed by atoms with Crippen LogP contribution >= 0.6 is 0 Å². The van der Waals surface area contributed by atoms with Crippen LogP contribution in [0.5, 0.6) is 0 Å². The molecular formula is C10H16N2O. The fraction of sp³-hybridized carbons (Fsp3) is 0.900. The van der Waals surface area contributed by atoms with E-state index >= 15 is 0 Å².